The normalized spacial score (nSPS) is 21.9. The van der Waals surface area contributed by atoms with E-state index in [1.165, 1.54) is 36.0 Å². The van der Waals surface area contributed by atoms with Crippen LogP contribution in [0.3, 0.4) is 0 Å². The van der Waals surface area contributed by atoms with E-state index in [4.69, 9.17) is 10.5 Å². The molecule has 2 unspecified atom stereocenters. The Balaban J connectivity index is 1.67. The molecule has 104 valence electrons. The molecule has 3 heteroatoms. The fourth-order valence-corrected chi connectivity index (χ4v) is 4.54. The van der Waals surface area contributed by atoms with Crippen LogP contribution in [0.2, 0.25) is 0 Å². The third kappa shape index (κ3) is 1.97. The van der Waals surface area contributed by atoms with Crippen molar-refractivity contribution >= 4 is 11.3 Å². The average Bonchev–Trinajstić information content (AvgIpc) is 3.13. The van der Waals surface area contributed by atoms with E-state index in [1.54, 1.807) is 4.88 Å². The highest BCUT2D eigenvalue weighted by molar-refractivity contribution is 7.10. The second-order valence-electron chi connectivity index (χ2n) is 5.79. The summed E-state index contributed by atoms with van der Waals surface area (Å²) in [6.07, 6.45) is 4.72. The lowest BCUT2D eigenvalue weighted by atomic mass is 9.80. The maximum atomic E-state index is 6.60. The molecule has 1 aliphatic heterocycles. The number of benzene rings is 1. The second-order valence-corrected chi connectivity index (χ2v) is 6.79. The van der Waals surface area contributed by atoms with Crippen LogP contribution in [0.25, 0.3) is 0 Å². The maximum Gasteiger partial charge on any atom is 0.122 e. The van der Waals surface area contributed by atoms with E-state index in [0.717, 1.165) is 18.8 Å². The first-order chi connectivity index (χ1) is 9.83. The van der Waals surface area contributed by atoms with Crippen molar-refractivity contribution in [1.82, 2.24) is 0 Å². The quantitative estimate of drug-likeness (QED) is 0.911. The first-order valence-electron chi connectivity index (χ1n) is 7.40. The third-order valence-corrected chi connectivity index (χ3v) is 5.63. The zero-order valence-electron chi connectivity index (χ0n) is 11.5. The van der Waals surface area contributed by atoms with Gasteiger partial charge in [-0.2, -0.15) is 0 Å². The Labute approximate surface area is 123 Å². The van der Waals surface area contributed by atoms with Gasteiger partial charge in [0.15, 0.2) is 0 Å². The van der Waals surface area contributed by atoms with Crippen molar-refractivity contribution in [1.29, 1.82) is 0 Å². The molecule has 2 atom stereocenters. The molecular formula is C17H19NOS. The average molecular weight is 285 g/mol. The monoisotopic (exact) mass is 285 g/mol. The zero-order valence-corrected chi connectivity index (χ0v) is 12.3. The van der Waals surface area contributed by atoms with Crippen LogP contribution >= 0.6 is 11.3 Å². The number of rotatable bonds is 2. The highest BCUT2D eigenvalue weighted by Gasteiger charge is 2.28. The van der Waals surface area contributed by atoms with Crippen LogP contribution < -0.4 is 10.5 Å². The molecule has 20 heavy (non-hydrogen) atoms. The van der Waals surface area contributed by atoms with Gasteiger partial charge in [-0.05, 0) is 53.5 Å². The second kappa shape index (κ2) is 4.90. The summed E-state index contributed by atoms with van der Waals surface area (Å²) in [5.74, 6) is 1.52. The third-order valence-electron chi connectivity index (χ3n) is 4.63. The van der Waals surface area contributed by atoms with E-state index in [9.17, 15) is 0 Å². The minimum absolute atomic E-state index is 0.106. The summed E-state index contributed by atoms with van der Waals surface area (Å²) >= 11 is 1.89. The summed E-state index contributed by atoms with van der Waals surface area (Å²) in [6, 6.07) is 8.88. The Morgan fingerprint density at radius 2 is 2.20 bits per heavy atom. The van der Waals surface area contributed by atoms with Gasteiger partial charge in [0.25, 0.3) is 0 Å². The minimum Gasteiger partial charge on any atom is -0.493 e. The fraction of sp³-hybridized carbons (Fsp3) is 0.412. The molecule has 4 rings (SSSR count). The highest BCUT2D eigenvalue weighted by Crippen LogP contribution is 2.42. The lowest BCUT2D eigenvalue weighted by Gasteiger charge is -2.28. The van der Waals surface area contributed by atoms with Crippen LogP contribution in [0.5, 0.6) is 5.75 Å². The Morgan fingerprint density at radius 3 is 3.15 bits per heavy atom. The van der Waals surface area contributed by atoms with Crippen LogP contribution in [-0.4, -0.2) is 6.61 Å². The molecule has 2 aromatic rings. The van der Waals surface area contributed by atoms with E-state index in [0.29, 0.717) is 5.92 Å². The van der Waals surface area contributed by atoms with E-state index in [-0.39, 0.29) is 6.04 Å². The van der Waals surface area contributed by atoms with Crippen LogP contribution in [0.15, 0.2) is 29.6 Å². The molecule has 1 aromatic carbocycles. The Kier molecular flexibility index (Phi) is 3.04. The predicted molar refractivity (Wildman–Crippen MR) is 82.6 cm³/mol. The van der Waals surface area contributed by atoms with Gasteiger partial charge in [0.05, 0.1) is 6.61 Å². The topological polar surface area (TPSA) is 35.2 Å². The summed E-state index contributed by atoms with van der Waals surface area (Å²) in [7, 11) is 0. The van der Waals surface area contributed by atoms with Crippen molar-refractivity contribution in [2.75, 3.05) is 6.61 Å². The van der Waals surface area contributed by atoms with Crippen LogP contribution in [0.1, 0.15) is 46.4 Å². The Morgan fingerprint density at radius 1 is 1.25 bits per heavy atom. The molecular weight excluding hydrogens is 266 g/mol. The first-order valence-corrected chi connectivity index (χ1v) is 8.28. The number of fused-ring (bicyclic) bond motifs is 2. The molecule has 0 amide bonds. The van der Waals surface area contributed by atoms with Gasteiger partial charge in [-0.3, -0.25) is 0 Å². The summed E-state index contributed by atoms with van der Waals surface area (Å²) in [5.41, 5.74) is 10.7. The van der Waals surface area contributed by atoms with Gasteiger partial charge in [0.2, 0.25) is 0 Å². The molecule has 0 fully saturated rings. The molecule has 0 spiro atoms. The fourth-order valence-electron chi connectivity index (χ4n) is 3.54. The predicted octanol–water partition coefficient (Wildman–Crippen LogP) is 3.80. The lowest BCUT2D eigenvalue weighted by molar-refractivity contribution is 0.356. The summed E-state index contributed by atoms with van der Waals surface area (Å²) in [6.45, 7) is 0.812. The van der Waals surface area contributed by atoms with Crippen molar-refractivity contribution in [3.8, 4) is 5.75 Å². The number of thiophene rings is 1. The molecule has 1 aromatic heterocycles. The molecule has 2 heterocycles. The van der Waals surface area contributed by atoms with Crippen LogP contribution in [-0.2, 0) is 12.8 Å². The number of hydrogen-bond acceptors (Lipinski definition) is 3. The standard InChI is InChI=1S/C17H19NOS/c18-17(12-4-5-15-11(10-12)6-8-19-15)14-2-1-3-16-13(14)7-9-20-16/h4-5,7,9-10,14,17H,1-3,6,8,18H2. The van der Waals surface area contributed by atoms with E-state index in [1.807, 2.05) is 11.3 Å². The molecule has 0 bridgehead atoms. The van der Waals surface area contributed by atoms with Gasteiger partial charge < -0.3 is 10.5 Å². The summed E-state index contributed by atoms with van der Waals surface area (Å²) < 4.78 is 5.58. The van der Waals surface area contributed by atoms with Crippen molar-refractivity contribution in [2.45, 2.75) is 37.6 Å². The number of aryl methyl sites for hydroxylation is 1. The molecule has 2 aliphatic rings. The lowest BCUT2D eigenvalue weighted by Crippen LogP contribution is -2.22. The van der Waals surface area contributed by atoms with Crippen molar-refractivity contribution in [3.05, 3.63) is 51.2 Å². The molecule has 0 radical (unpaired) electrons. The smallest absolute Gasteiger partial charge is 0.122 e. The Hall–Kier alpha value is -1.32. The van der Waals surface area contributed by atoms with Crippen molar-refractivity contribution in [2.24, 2.45) is 5.73 Å². The van der Waals surface area contributed by atoms with Gasteiger partial charge >= 0.3 is 0 Å². The first kappa shape index (κ1) is 12.4. The molecule has 0 saturated carbocycles. The van der Waals surface area contributed by atoms with Crippen LogP contribution in [0.4, 0.5) is 0 Å². The number of hydrogen-bond donors (Lipinski definition) is 1. The van der Waals surface area contributed by atoms with Gasteiger partial charge in [0, 0.05) is 23.3 Å². The molecule has 2 N–H and O–H groups in total. The zero-order chi connectivity index (χ0) is 13.5. The van der Waals surface area contributed by atoms with Crippen LogP contribution in [0, 0.1) is 0 Å². The van der Waals surface area contributed by atoms with Gasteiger partial charge in [-0.15, -0.1) is 11.3 Å². The molecule has 1 aliphatic carbocycles. The highest BCUT2D eigenvalue weighted by atomic mass is 32.1. The Bertz CT molecular complexity index is 634. The van der Waals surface area contributed by atoms with E-state index < -0.39 is 0 Å². The van der Waals surface area contributed by atoms with E-state index >= 15 is 0 Å². The molecule has 0 saturated heterocycles. The maximum absolute atomic E-state index is 6.60. The molecule has 2 nitrogen and oxygen atoms in total. The number of nitrogens with two attached hydrogens (primary N) is 1. The SMILES string of the molecule is NC(c1ccc2c(c1)CCO2)C1CCCc2sccc21. The minimum atomic E-state index is 0.106. The van der Waals surface area contributed by atoms with Crippen molar-refractivity contribution in [3.63, 3.8) is 0 Å². The van der Waals surface area contributed by atoms with E-state index in [2.05, 4.69) is 29.6 Å². The largest absolute Gasteiger partial charge is 0.493 e. The van der Waals surface area contributed by atoms with Gasteiger partial charge in [-0.1, -0.05) is 12.1 Å². The van der Waals surface area contributed by atoms with Gasteiger partial charge in [-0.25, -0.2) is 0 Å². The summed E-state index contributed by atoms with van der Waals surface area (Å²) in [5, 5.41) is 2.21. The summed E-state index contributed by atoms with van der Waals surface area (Å²) in [4.78, 5) is 1.54. The van der Waals surface area contributed by atoms with Gasteiger partial charge in [0.1, 0.15) is 5.75 Å². The number of ether oxygens (including phenoxy) is 1. The van der Waals surface area contributed by atoms with Crippen molar-refractivity contribution < 1.29 is 4.74 Å².